The van der Waals surface area contributed by atoms with Crippen LogP contribution in [-0.4, -0.2) is 21.1 Å². The van der Waals surface area contributed by atoms with Crippen molar-refractivity contribution in [3.63, 3.8) is 0 Å². The van der Waals surface area contributed by atoms with Crippen molar-refractivity contribution in [2.75, 3.05) is 0 Å². The lowest BCUT2D eigenvalue weighted by molar-refractivity contribution is 0.625. The average molecular weight is 456 g/mol. The Balaban J connectivity index is 2.06. The normalized spacial score (nSPS) is 11.3. The third-order valence-corrected chi connectivity index (χ3v) is 4.48. The van der Waals surface area contributed by atoms with E-state index < -0.39 is 0 Å². The van der Waals surface area contributed by atoms with Crippen molar-refractivity contribution in [1.82, 2.24) is 14.9 Å². The first-order valence-corrected chi connectivity index (χ1v) is 8.47. The smallest absolute Gasteiger partial charge is 0.216 e. The number of aromatic amines is 1. The molecule has 3 rings (SSSR count). The van der Waals surface area contributed by atoms with E-state index in [1.807, 2.05) is 24.3 Å². The van der Waals surface area contributed by atoms with E-state index in [0.29, 0.717) is 16.2 Å². The molecule has 0 unspecified atom stereocenters. The number of benzene rings is 2. The first kappa shape index (κ1) is 16.2. The van der Waals surface area contributed by atoms with Crippen LogP contribution in [0.3, 0.4) is 0 Å². The van der Waals surface area contributed by atoms with Crippen LogP contribution in [0.2, 0.25) is 0 Å². The van der Waals surface area contributed by atoms with Crippen LogP contribution in [0.25, 0.3) is 11.4 Å². The standard InChI is InChI=1S/C15H9Br2FN4S/c16-10-5-6-13(18)9(7-10)8-19-22-14(20-21-15(22)23)11-3-1-2-4-12(11)17/h1-8H,(H,21,23). The van der Waals surface area contributed by atoms with Crippen LogP contribution >= 0.6 is 44.1 Å². The summed E-state index contributed by atoms with van der Waals surface area (Å²) in [6.45, 7) is 0. The molecular formula is C15H9Br2FN4S. The molecule has 1 heterocycles. The summed E-state index contributed by atoms with van der Waals surface area (Å²) in [4.78, 5) is 0. The predicted octanol–water partition coefficient (Wildman–Crippen LogP) is 5.15. The summed E-state index contributed by atoms with van der Waals surface area (Å²) in [5.41, 5.74) is 1.17. The Morgan fingerprint density at radius 1 is 1.22 bits per heavy atom. The number of halogens is 3. The van der Waals surface area contributed by atoms with Gasteiger partial charge in [0, 0.05) is 20.1 Å². The van der Waals surface area contributed by atoms with Crippen molar-refractivity contribution in [2.24, 2.45) is 5.10 Å². The maximum Gasteiger partial charge on any atom is 0.216 e. The zero-order valence-corrected chi connectivity index (χ0v) is 15.5. The van der Waals surface area contributed by atoms with Gasteiger partial charge >= 0.3 is 0 Å². The van der Waals surface area contributed by atoms with Crippen LogP contribution in [0.5, 0.6) is 0 Å². The summed E-state index contributed by atoms with van der Waals surface area (Å²) in [5.74, 6) is 0.170. The van der Waals surface area contributed by atoms with Crippen LogP contribution in [0.4, 0.5) is 4.39 Å². The third kappa shape index (κ3) is 3.49. The van der Waals surface area contributed by atoms with Crippen molar-refractivity contribution in [1.29, 1.82) is 0 Å². The fourth-order valence-electron chi connectivity index (χ4n) is 1.95. The first-order chi connectivity index (χ1) is 11.1. The van der Waals surface area contributed by atoms with Gasteiger partial charge in [0.1, 0.15) is 5.82 Å². The van der Waals surface area contributed by atoms with E-state index in [-0.39, 0.29) is 5.82 Å². The Hall–Kier alpha value is -1.64. The highest BCUT2D eigenvalue weighted by Crippen LogP contribution is 2.26. The van der Waals surface area contributed by atoms with Gasteiger partial charge in [-0.2, -0.15) is 14.9 Å². The second-order valence-electron chi connectivity index (χ2n) is 4.55. The molecule has 8 heteroatoms. The molecule has 4 nitrogen and oxygen atoms in total. The largest absolute Gasteiger partial charge is 0.250 e. The molecule has 1 N–H and O–H groups in total. The number of hydrogen-bond acceptors (Lipinski definition) is 3. The molecule has 0 spiro atoms. The predicted molar refractivity (Wildman–Crippen MR) is 97.6 cm³/mol. The fraction of sp³-hybridized carbons (Fsp3) is 0. The zero-order chi connectivity index (χ0) is 16.4. The molecule has 0 fully saturated rings. The van der Waals surface area contributed by atoms with Crippen LogP contribution in [0, 0.1) is 10.6 Å². The van der Waals surface area contributed by atoms with E-state index in [4.69, 9.17) is 12.2 Å². The lowest BCUT2D eigenvalue weighted by Gasteiger charge is -2.03. The number of aromatic nitrogens is 3. The molecule has 2 aromatic carbocycles. The molecule has 116 valence electrons. The number of hydrogen-bond donors (Lipinski definition) is 1. The number of H-pyrrole nitrogens is 1. The van der Waals surface area contributed by atoms with Gasteiger partial charge in [-0.15, -0.1) is 0 Å². The van der Waals surface area contributed by atoms with E-state index in [1.54, 1.807) is 12.1 Å². The summed E-state index contributed by atoms with van der Waals surface area (Å²) in [5, 5.41) is 11.2. The number of nitrogens with zero attached hydrogens (tertiary/aromatic N) is 3. The molecule has 0 atom stereocenters. The molecule has 1 aromatic heterocycles. The molecule has 0 saturated heterocycles. The molecular weight excluding hydrogens is 447 g/mol. The molecule has 0 bridgehead atoms. The van der Waals surface area contributed by atoms with Gasteiger partial charge < -0.3 is 0 Å². The Morgan fingerprint density at radius 3 is 2.78 bits per heavy atom. The summed E-state index contributed by atoms with van der Waals surface area (Å²) in [6.07, 6.45) is 1.41. The van der Waals surface area contributed by atoms with E-state index in [9.17, 15) is 4.39 Å². The van der Waals surface area contributed by atoms with Gasteiger partial charge in [-0.25, -0.2) is 9.49 Å². The molecule has 0 radical (unpaired) electrons. The van der Waals surface area contributed by atoms with Gasteiger partial charge in [-0.05, 0) is 42.5 Å². The van der Waals surface area contributed by atoms with Gasteiger partial charge in [0.25, 0.3) is 0 Å². The molecule has 3 aromatic rings. The van der Waals surface area contributed by atoms with Gasteiger partial charge in [0.05, 0.1) is 6.21 Å². The minimum absolute atomic E-state index is 0.322. The van der Waals surface area contributed by atoms with Crippen molar-refractivity contribution >= 4 is 50.3 Å². The van der Waals surface area contributed by atoms with Crippen LogP contribution in [0.15, 0.2) is 56.5 Å². The average Bonchev–Trinajstić information content (AvgIpc) is 2.89. The molecule has 0 aliphatic carbocycles. The van der Waals surface area contributed by atoms with E-state index in [1.165, 1.54) is 17.0 Å². The molecule has 23 heavy (non-hydrogen) atoms. The Labute approximate surface area is 153 Å². The Kier molecular flexibility index (Phi) is 4.84. The maximum atomic E-state index is 13.8. The highest BCUT2D eigenvalue weighted by atomic mass is 79.9. The highest BCUT2D eigenvalue weighted by Gasteiger charge is 2.11. The lowest BCUT2D eigenvalue weighted by Crippen LogP contribution is -1.97. The lowest BCUT2D eigenvalue weighted by atomic mass is 10.2. The highest BCUT2D eigenvalue weighted by molar-refractivity contribution is 9.10. The van der Waals surface area contributed by atoms with E-state index in [2.05, 4.69) is 47.2 Å². The van der Waals surface area contributed by atoms with E-state index >= 15 is 0 Å². The van der Waals surface area contributed by atoms with Crippen molar-refractivity contribution in [3.05, 3.63) is 67.6 Å². The first-order valence-electron chi connectivity index (χ1n) is 6.48. The van der Waals surface area contributed by atoms with Crippen molar-refractivity contribution < 1.29 is 4.39 Å². The third-order valence-electron chi connectivity index (χ3n) is 3.04. The second-order valence-corrected chi connectivity index (χ2v) is 6.71. The molecule has 0 amide bonds. The molecule has 0 saturated carbocycles. The fourth-order valence-corrected chi connectivity index (χ4v) is 2.97. The monoisotopic (exact) mass is 454 g/mol. The summed E-state index contributed by atoms with van der Waals surface area (Å²) in [7, 11) is 0. The summed E-state index contributed by atoms with van der Waals surface area (Å²) >= 11 is 12.0. The van der Waals surface area contributed by atoms with Crippen molar-refractivity contribution in [2.45, 2.75) is 0 Å². The van der Waals surface area contributed by atoms with Gasteiger partial charge in [0.2, 0.25) is 4.77 Å². The Morgan fingerprint density at radius 2 is 2.00 bits per heavy atom. The van der Waals surface area contributed by atoms with Crippen LogP contribution in [0.1, 0.15) is 5.56 Å². The van der Waals surface area contributed by atoms with Gasteiger partial charge in [-0.3, -0.25) is 0 Å². The van der Waals surface area contributed by atoms with Crippen LogP contribution < -0.4 is 0 Å². The SMILES string of the molecule is Fc1ccc(Br)cc1C=Nn1c(-c2ccccc2Br)n[nH]c1=S. The molecule has 0 aliphatic rings. The quantitative estimate of drug-likeness (QED) is 0.438. The maximum absolute atomic E-state index is 13.8. The minimum atomic E-state index is -0.366. The number of rotatable bonds is 3. The minimum Gasteiger partial charge on any atom is -0.250 e. The van der Waals surface area contributed by atoms with Gasteiger partial charge in [0.15, 0.2) is 5.82 Å². The van der Waals surface area contributed by atoms with E-state index in [0.717, 1.165) is 14.5 Å². The zero-order valence-electron chi connectivity index (χ0n) is 11.5. The topological polar surface area (TPSA) is 46.0 Å². The summed E-state index contributed by atoms with van der Waals surface area (Å²) < 4.78 is 17.2. The summed E-state index contributed by atoms with van der Waals surface area (Å²) in [6, 6.07) is 12.2. The number of nitrogens with one attached hydrogen (secondary N) is 1. The molecule has 0 aliphatic heterocycles. The second kappa shape index (κ2) is 6.86. The van der Waals surface area contributed by atoms with Crippen molar-refractivity contribution in [3.8, 4) is 11.4 Å². The Bertz CT molecular complexity index is 949. The van der Waals surface area contributed by atoms with Crippen LogP contribution in [-0.2, 0) is 0 Å². The van der Waals surface area contributed by atoms with Gasteiger partial charge in [-0.1, -0.05) is 44.0 Å².